The lowest BCUT2D eigenvalue weighted by Gasteiger charge is -2.33. The molecule has 0 bridgehead atoms. The third-order valence-corrected chi connectivity index (χ3v) is 4.66. The minimum Gasteiger partial charge on any atom is -0.465 e. The zero-order valence-electron chi connectivity index (χ0n) is 15.2. The van der Waals surface area contributed by atoms with Crippen molar-refractivity contribution in [2.24, 2.45) is 0 Å². The fourth-order valence-corrected chi connectivity index (χ4v) is 3.11. The number of hydrogen-bond donors (Lipinski definition) is 2. The highest BCUT2D eigenvalue weighted by atomic mass is 16.5. The largest absolute Gasteiger partial charge is 0.465 e. The van der Waals surface area contributed by atoms with E-state index < -0.39 is 0 Å². The van der Waals surface area contributed by atoms with Crippen LogP contribution in [-0.4, -0.2) is 49.7 Å². The van der Waals surface area contributed by atoms with Gasteiger partial charge in [0, 0.05) is 18.3 Å². The molecule has 1 fully saturated rings. The van der Waals surface area contributed by atoms with Crippen molar-refractivity contribution in [1.29, 1.82) is 0 Å². The molecule has 1 aromatic rings. The van der Waals surface area contributed by atoms with E-state index in [1.165, 1.54) is 32.9 Å². The number of urea groups is 1. The number of carbonyl (C=O) groups excluding carboxylic acids is 2. The highest BCUT2D eigenvalue weighted by Crippen LogP contribution is 2.16. The molecule has 0 saturated carbocycles. The zero-order valence-corrected chi connectivity index (χ0v) is 15.2. The van der Waals surface area contributed by atoms with Crippen LogP contribution in [0.2, 0.25) is 0 Å². The van der Waals surface area contributed by atoms with Crippen LogP contribution in [-0.2, 0) is 4.74 Å². The number of anilines is 1. The predicted octanol–water partition coefficient (Wildman–Crippen LogP) is 3.25. The van der Waals surface area contributed by atoms with Crippen molar-refractivity contribution >= 4 is 17.7 Å². The van der Waals surface area contributed by atoms with Gasteiger partial charge in [-0.3, -0.25) is 0 Å². The summed E-state index contributed by atoms with van der Waals surface area (Å²) in [5.74, 6) is -0.390. The molecule has 1 aliphatic rings. The summed E-state index contributed by atoms with van der Waals surface area (Å²) in [5.41, 5.74) is 1.10. The first-order valence-corrected chi connectivity index (χ1v) is 9.07. The van der Waals surface area contributed by atoms with Crippen molar-refractivity contribution in [2.45, 2.75) is 45.1 Å². The molecule has 0 spiro atoms. The van der Waals surface area contributed by atoms with Gasteiger partial charge in [0.05, 0.1) is 12.7 Å². The van der Waals surface area contributed by atoms with E-state index in [4.69, 9.17) is 0 Å². The SMILES string of the molecule is COC(=O)c1ccc(NC(=O)NCCCCN2CCCC[C@@H]2C)cc1. The Morgan fingerprint density at radius 2 is 1.96 bits per heavy atom. The number of esters is 1. The van der Waals surface area contributed by atoms with E-state index in [-0.39, 0.29) is 12.0 Å². The summed E-state index contributed by atoms with van der Waals surface area (Å²) in [4.78, 5) is 25.8. The van der Waals surface area contributed by atoms with Gasteiger partial charge in [0.1, 0.15) is 0 Å². The molecule has 0 aliphatic carbocycles. The van der Waals surface area contributed by atoms with Gasteiger partial charge >= 0.3 is 12.0 Å². The van der Waals surface area contributed by atoms with Gasteiger partial charge in [0.2, 0.25) is 0 Å². The second-order valence-electron chi connectivity index (χ2n) is 6.54. The lowest BCUT2D eigenvalue weighted by Crippen LogP contribution is -2.38. The number of nitrogens with zero attached hydrogens (tertiary/aromatic N) is 1. The molecule has 1 atom stereocenters. The summed E-state index contributed by atoms with van der Waals surface area (Å²) in [7, 11) is 1.34. The Hall–Kier alpha value is -2.08. The van der Waals surface area contributed by atoms with Gasteiger partial charge in [-0.2, -0.15) is 0 Å². The number of likely N-dealkylation sites (tertiary alicyclic amines) is 1. The number of benzene rings is 1. The molecule has 2 amide bonds. The summed E-state index contributed by atoms with van der Waals surface area (Å²) in [6, 6.07) is 7.09. The number of nitrogens with one attached hydrogen (secondary N) is 2. The van der Waals surface area contributed by atoms with E-state index >= 15 is 0 Å². The Morgan fingerprint density at radius 3 is 2.64 bits per heavy atom. The number of rotatable bonds is 7. The molecule has 1 aliphatic heterocycles. The average molecular weight is 347 g/mol. The van der Waals surface area contributed by atoms with E-state index in [1.807, 2.05) is 0 Å². The molecule has 25 heavy (non-hydrogen) atoms. The van der Waals surface area contributed by atoms with E-state index in [9.17, 15) is 9.59 Å². The lowest BCUT2D eigenvalue weighted by molar-refractivity contribution is 0.0600. The van der Waals surface area contributed by atoms with Crippen LogP contribution in [0.3, 0.4) is 0 Å². The third kappa shape index (κ3) is 6.38. The maximum Gasteiger partial charge on any atom is 0.337 e. The highest BCUT2D eigenvalue weighted by Gasteiger charge is 2.17. The van der Waals surface area contributed by atoms with Crippen LogP contribution in [0.4, 0.5) is 10.5 Å². The number of ether oxygens (including phenoxy) is 1. The first-order chi connectivity index (χ1) is 12.1. The molecule has 0 unspecified atom stereocenters. The van der Waals surface area contributed by atoms with Crippen LogP contribution < -0.4 is 10.6 Å². The topological polar surface area (TPSA) is 70.7 Å². The van der Waals surface area contributed by atoms with Crippen molar-refractivity contribution in [3.05, 3.63) is 29.8 Å². The maximum atomic E-state index is 11.9. The normalized spacial score (nSPS) is 17.8. The first-order valence-electron chi connectivity index (χ1n) is 9.07. The number of amides is 2. The van der Waals surface area contributed by atoms with E-state index in [1.54, 1.807) is 24.3 Å². The second-order valence-corrected chi connectivity index (χ2v) is 6.54. The third-order valence-electron chi connectivity index (χ3n) is 4.66. The van der Waals surface area contributed by atoms with Crippen LogP contribution in [0.5, 0.6) is 0 Å². The van der Waals surface area contributed by atoms with Crippen molar-refractivity contribution in [2.75, 3.05) is 32.1 Å². The highest BCUT2D eigenvalue weighted by molar-refractivity contribution is 5.92. The fourth-order valence-electron chi connectivity index (χ4n) is 3.11. The molecule has 6 heteroatoms. The number of hydrogen-bond acceptors (Lipinski definition) is 4. The van der Waals surface area contributed by atoms with Crippen LogP contribution in [0.25, 0.3) is 0 Å². The van der Waals surface area contributed by atoms with Gasteiger partial charge in [0.25, 0.3) is 0 Å². The van der Waals surface area contributed by atoms with E-state index in [0.717, 1.165) is 19.4 Å². The molecule has 2 rings (SSSR count). The summed E-state index contributed by atoms with van der Waals surface area (Å²) in [6.07, 6.45) is 6.02. The predicted molar refractivity (Wildman–Crippen MR) is 98.9 cm³/mol. The number of unbranched alkanes of at least 4 members (excludes halogenated alkanes) is 1. The van der Waals surface area contributed by atoms with E-state index in [2.05, 4.69) is 27.2 Å². The van der Waals surface area contributed by atoms with Crippen molar-refractivity contribution in [1.82, 2.24) is 10.2 Å². The van der Waals surface area contributed by atoms with E-state index in [0.29, 0.717) is 23.8 Å². The van der Waals surface area contributed by atoms with Crippen LogP contribution in [0.15, 0.2) is 24.3 Å². The molecule has 1 aromatic carbocycles. The molecular formula is C19H29N3O3. The van der Waals surface area contributed by atoms with Crippen molar-refractivity contribution < 1.29 is 14.3 Å². The molecule has 6 nitrogen and oxygen atoms in total. The van der Waals surface area contributed by atoms with Gasteiger partial charge in [-0.15, -0.1) is 0 Å². The molecule has 1 saturated heterocycles. The van der Waals surface area contributed by atoms with Gasteiger partial charge in [-0.05, 0) is 70.0 Å². The molecule has 0 aromatic heterocycles. The maximum absolute atomic E-state index is 11.9. The first kappa shape index (κ1) is 19.2. The molecule has 1 heterocycles. The smallest absolute Gasteiger partial charge is 0.337 e. The Kier molecular flexibility index (Phi) is 7.73. The minimum atomic E-state index is -0.390. The van der Waals surface area contributed by atoms with Gasteiger partial charge in [0.15, 0.2) is 0 Å². The Balaban J connectivity index is 1.61. The van der Waals surface area contributed by atoms with Gasteiger partial charge in [-0.25, -0.2) is 9.59 Å². The summed E-state index contributed by atoms with van der Waals surface area (Å²) >= 11 is 0. The van der Waals surface area contributed by atoms with Gasteiger partial charge in [-0.1, -0.05) is 6.42 Å². The molecule has 2 N–H and O–H groups in total. The molecule has 138 valence electrons. The quantitative estimate of drug-likeness (QED) is 0.587. The molecule has 0 radical (unpaired) electrons. The second kappa shape index (κ2) is 10.0. The lowest BCUT2D eigenvalue weighted by atomic mass is 10.0. The zero-order chi connectivity index (χ0) is 18.1. The van der Waals surface area contributed by atoms with Crippen molar-refractivity contribution in [3.63, 3.8) is 0 Å². The minimum absolute atomic E-state index is 0.225. The Labute approximate surface area is 149 Å². The monoisotopic (exact) mass is 347 g/mol. The van der Waals surface area contributed by atoms with Gasteiger partial charge < -0.3 is 20.3 Å². The summed E-state index contributed by atoms with van der Waals surface area (Å²) < 4.78 is 4.64. The van der Waals surface area contributed by atoms with Crippen LogP contribution >= 0.6 is 0 Å². The summed E-state index contributed by atoms with van der Waals surface area (Å²) in [5, 5.41) is 5.63. The Bertz CT molecular complexity index is 560. The average Bonchev–Trinajstić information content (AvgIpc) is 2.63. The molecular weight excluding hydrogens is 318 g/mol. The summed E-state index contributed by atoms with van der Waals surface area (Å²) in [6.45, 7) is 5.28. The number of piperidine rings is 1. The number of methoxy groups -OCH3 is 1. The van der Waals surface area contributed by atoms with Crippen LogP contribution in [0, 0.1) is 0 Å². The standard InChI is InChI=1S/C19H29N3O3/c1-15-7-3-5-13-22(15)14-6-4-12-20-19(24)21-17-10-8-16(9-11-17)18(23)25-2/h8-11,15H,3-7,12-14H2,1-2H3,(H2,20,21,24)/t15-/m0/s1. The van der Waals surface area contributed by atoms with Crippen LogP contribution in [0.1, 0.15) is 49.4 Å². The van der Waals surface area contributed by atoms with Crippen molar-refractivity contribution in [3.8, 4) is 0 Å². The Morgan fingerprint density at radius 1 is 1.20 bits per heavy atom. The number of carbonyl (C=O) groups is 2. The fraction of sp³-hybridized carbons (Fsp3) is 0.579.